The molecule has 0 spiro atoms. The van der Waals surface area contributed by atoms with Gasteiger partial charge in [-0.05, 0) is 32.0 Å². The first-order chi connectivity index (χ1) is 7.90. The fourth-order valence-electron chi connectivity index (χ4n) is 1.85. The molecule has 0 atom stereocenters. The number of carbonyl (C=O) groups is 2. The van der Waals surface area contributed by atoms with Crippen molar-refractivity contribution in [2.45, 2.75) is 19.4 Å². The minimum atomic E-state index is -0.877. The van der Waals surface area contributed by atoms with Crippen LogP contribution in [0.4, 0.5) is 5.69 Å². The molecule has 1 N–H and O–H groups in total. The summed E-state index contributed by atoms with van der Waals surface area (Å²) in [7, 11) is 0. The normalized spacial score (nSPS) is 19.1. The van der Waals surface area contributed by atoms with Gasteiger partial charge < -0.3 is 10.2 Å². The maximum absolute atomic E-state index is 12.2. The van der Waals surface area contributed by atoms with Crippen LogP contribution in [0.5, 0.6) is 0 Å². The smallest absolute Gasteiger partial charge is 0.252 e. The van der Waals surface area contributed by atoms with Crippen molar-refractivity contribution in [3.05, 3.63) is 29.3 Å². The number of rotatable bonds is 1. The second kappa shape index (κ2) is 4.04. The van der Waals surface area contributed by atoms with Crippen LogP contribution >= 0.6 is 11.6 Å². The van der Waals surface area contributed by atoms with E-state index in [1.54, 1.807) is 38.1 Å². The van der Waals surface area contributed by atoms with Crippen LogP contribution < -0.4 is 10.2 Å². The third-order valence-electron chi connectivity index (χ3n) is 2.65. The topological polar surface area (TPSA) is 49.4 Å². The number of hydrogen-bond acceptors (Lipinski definition) is 2. The summed E-state index contributed by atoms with van der Waals surface area (Å²) >= 11 is 5.88. The Bertz CT molecular complexity index is 485. The highest BCUT2D eigenvalue weighted by atomic mass is 35.5. The molecule has 0 unspecified atom stereocenters. The molecule has 0 saturated carbocycles. The third-order valence-corrected chi connectivity index (χ3v) is 2.89. The highest BCUT2D eigenvalue weighted by Gasteiger charge is 2.39. The summed E-state index contributed by atoms with van der Waals surface area (Å²) in [5.41, 5.74) is -0.233. The van der Waals surface area contributed by atoms with E-state index < -0.39 is 5.54 Å². The first-order valence-electron chi connectivity index (χ1n) is 5.29. The number of nitrogens with zero attached hydrogens (tertiary/aromatic N) is 1. The zero-order valence-electron chi connectivity index (χ0n) is 9.66. The van der Waals surface area contributed by atoms with Crippen molar-refractivity contribution in [2.75, 3.05) is 11.4 Å². The molecule has 1 aromatic rings. The molecular weight excluding hydrogens is 240 g/mol. The van der Waals surface area contributed by atoms with Gasteiger partial charge in [-0.2, -0.15) is 0 Å². The van der Waals surface area contributed by atoms with Gasteiger partial charge in [0.2, 0.25) is 5.91 Å². The molecule has 1 aliphatic heterocycles. The SMILES string of the molecule is CC1(C)NC(=O)CN(c2cccc(Cl)c2)C1=O. The summed E-state index contributed by atoms with van der Waals surface area (Å²) < 4.78 is 0. The number of halogens is 1. The summed E-state index contributed by atoms with van der Waals surface area (Å²) in [6, 6.07) is 6.92. The summed E-state index contributed by atoms with van der Waals surface area (Å²) in [5.74, 6) is -0.311. The van der Waals surface area contributed by atoms with Gasteiger partial charge >= 0.3 is 0 Å². The molecule has 0 bridgehead atoms. The molecule has 0 aliphatic carbocycles. The Hall–Kier alpha value is -1.55. The highest BCUT2D eigenvalue weighted by molar-refractivity contribution is 6.31. The monoisotopic (exact) mass is 252 g/mol. The highest BCUT2D eigenvalue weighted by Crippen LogP contribution is 2.24. The minimum Gasteiger partial charge on any atom is -0.341 e. The maximum atomic E-state index is 12.2. The van der Waals surface area contributed by atoms with E-state index in [9.17, 15) is 9.59 Å². The average Bonchev–Trinajstić information content (AvgIpc) is 2.22. The number of carbonyl (C=O) groups excluding carboxylic acids is 2. The Kier molecular flexibility index (Phi) is 2.83. The Morgan fingerprint density at radius 2 is 2.06 bits per heavy atom. The molecule has 0 radical (unpaired) electrons. The summed E-state index contributed by atoms with van der Waals surface area (Å²) in [6.45, 7) is 3.40. The van der Waals surface area contributed by atoms with Crippen LogP contribution in [0.3, 0.4) is 0 Å². The molecule has 90 valence electrons. The van der Waals surface area contributed by atoms with E-state index in [0.29, 0.717) is 10.7 Å². The lowest BCUT2D eigenvalue weighted by molar-refractivity contribution is -0.134. The standard InChI is InChI=1S/C12H13ClN2O2/c1-12(2)11(17)15(7-10(16)14-12)9-5-3-4-8(13)6-9/h3-6H,7H2,1-2H3,(H,14,16). The van der Waals surface area contributed by atoms with E-state index in [2.05, 4.69) is 5.32 Å². The molecule has 1 fully saturated rings. The zero-order valence-corrected chi connectivity index (χ0v) is 10.4. The van der Waals surface area contributed by atoms with E-state index in [1.807, 2.05) is 0 Å². The minimum absolute atomic E-state index is 0.0304. The van der Waals surface area contributed by atoms with E-state index in [1.165, 1.54) is 4.90 Å². The molecule has 1 heterocycles. The van der Waals surface area contributed by atoms with Gasteiger partial charge in [0.1, 0.15) is 12.1 Å². The van der Waals surface area contributed by atoms with E-state index in [0.717, 1.165) is 0 Å². The van der Waals surface area contributed by atoms with Gasteiger partial charge in [0.15, 0.2) is 0 Å². The summed E-state index contributed by atoms with van der Waals surface area (Å²) in [5, 5.41) is 3.20. The fraction of sp³-hybridized carbons (Fsp3) is 0.333. The number of hydrogen-bond donors (Lipinski definition) is 1. The maximum Gasteiger partial charge on any atom is 0.252 e. The van der Waals surface area contributed by atoms with Crippen molar-refractivity contribution in [3.8, 4) is 0 Å². The number of piperazine rings is 1. The predicted octanol–water partition coefficient (Wildman–Crippen LogP) is 1.58. The third kappa shape index (κ3) is 2.26. The number of amides is 2. The molecule has 0 aromatic heterocycles. The molecule has 4 nitrogen and oxygen atoms in total. The van der Waals surface area contributed by atoms with E-state index in [-0.39, 0.29) is 18.4 Å². The van der Waals surface area contributed by atoms with Crippen LogP contribution in [0.15, 0.2) is 24.3 Å². The molecule has 2 rings (SSSR count). The molecule has 1 saturated heterocycles. The fourth-order valence-corrected chi connectivity index (χ4v) is 2.03. The van der Waals surface area contributed by atoms with Crippen molar-refractivity contribution in [2.24, 2.45) is 0 Å². The molecule has 2 amide bonds. The van der Waals surface area contributed by atoms with Gasteiger partial charge in [-0.1, -0.05) is 17.7 Å². The van der Waals surface area contributed by atoms with Crippen LogP contribution in [0.25, 0.3) is 0 Å². The first kappa shape index (κ1) is 11.9. The summed E-state index contributed by atoms with van der Waals surface area (Å²) in [4.78, 5) is 25.2. The van der Waals surface area contributed by atoms with Gasteiger partial charge in [0.25, 0.3) is 5.91 Å². The van der Waals surface area contributed by atoms with Crippen LogP contribution in [-0.4, -0.2) is 23.9 Å². The second-order valence-corrected chi connectivity index (χ2v) is 4.98. The molecule has 17 heavy (non-hydrogen) atoms. The lowest BCUT2D eigenvalue weighted by atomic mass is 10.00. The Morgan fingerprint density at radius 3 is 2.71 bits per heavy atom. The molecule has 1 aliphatic rings. The number of nitrogens with one attached hydrogen (secondary N) is 1. The van der Waals surface area contributed by atoms with Crippen molar-refractivity contribution in [3.63, 3.8) is 0 Å². The second-order valence-electron chi connectivity index (χ2n) is 4.54. The molecule has 1 aromatic carbocycles. The van der Waals surface area contributed by atoms with Crippen LogP contribution in [0.1, 0.15) is 13.8 Å². The zero-order chi connectivity index (χ0) is 12.6. The predicted molar refractivity (Wildman–Crippen MR) is 66.0 cm³/mol. The molecular formula is C12H13ClN2O2. The van der Waals surface area contributed by atoms with Gasteiger partial charge in [-0.3, -0.25) is 9.59 Å². The lowest BCUT2D eigenvalue weighted by Gasteiger charge is -2.37. The van der Waals surface area contributed by atoms with E-state index in [4.69, 9.17) is 11.6 Å². The largest absolute Gasteiger partial charge is 0.341 e. The molecule has 5 heteroatoms. The Balaban J connectivity index is 2.38. The lowest BCUT2D eigenvalue weighted by Crippen LogP contribution is -2.64. The van der Waals surface area contributed by atoms with Crippen molar-refractivity contribution >= 4 is 29.1 Å². The quantitative estimate of drug-likeness (QED) is 0.825. The number of anilines is 1. The Morgan fingerprint density at radius 1 is 1.35 bits per heavy atom. The van der Waals surface area contributed by atoms with Crippen molar-refractivity contribution in [1.29, 1.82) is 0 Å². The van der Waals surface area contributed by atoms with Crippen LogP contribution in [0, 0.1) is 0 Å². The van der Waals surface area contributed by atoms with Crippen LogP contribution in [0.2, 0.25) is 5.02 Å². The Labute approximate surface area is 105 Å². The van der Waals surface area contributed by atoms with Crippen molar-refractivity contribution in [1.82, 2.24) is 5.32 Å². The average molecular weight is 253 g/mol. The van der Waals surface area contributed by atoms with Gasteiger partial charge in [0, 0.05) is 10.7 Å². The van der Waals surface area contributed by atoms with Gasteiger partial charge in [0.05, 0.1) is 0 Å². The van der Waals surface area contributed by atoms with Gasteiger partial charge in [-0.15, -0.1) is 0 Å². The first-order valence-corrected chi connectivity index (χ1v) is 5.66. The van der Waals surface area contributed by atoms with Crippen LogP contribution in [-0.2, 0) is 9.59 Å². The number of benzene rings is 1. The van der Waals surface area contributed by atoms with Gasteiger partial charge in [-0.25, -0.2) is 0 Å². The summed E-state index contributed by atoms with van der Waals surface area (Å²) in [6.07, 6.45) is 0. The van der Waals surface area contributed by atoms with Crippen molar-refractivity contribution < 1.29 is 9.59 Å². The van der Waals surface area contributed by atoms with E-state index >= 15 is 0 Å².